The third-order valence-corrected chi connectivity index (χ3v) is 4.75. The Labute approximate surface area is 174 Å². The van der Waals surface area contributed by atoms with Crippen molar-refractivity contribution < 1.29 is 23.8 Å². The van der Waals surface area contributed by atoms with E-state index in [4.69, 9.17) is 21.1 Å². The molecule has 1 aliphatic rings. The predicted octanol–water partition coefficient (Wildman–Crippen LogP) is 3.33. The highest BCUT2D eigenvalue weighted by Crippen LogP contribution is 2.26. The summed E-state index contributed by atoms with van der Waals surface area (Å²) in [6.45, 7) is 3.24. The lowest BCUT2D eigenvalue weighted by Gasteiger charge is -2.21. The molecular weight excluding hydrogens is 399 g/mol. The van der Waals surface area contributed by atoms with Crippen molar-refractivity contribution in [1.29, 1.82) is 0 Å². The van der Waals surface area contributed by atoms with E-state index in [2.05, 4.69) is 10.2 Å². The number of β-amino-alcohol motifs (C(OH)–C–C–N with tert-alkyl or cyclic N) is 1. The smallest absolute Gasteiger partial charge is 0.221 e. The van der Waals surface area contributed by atoms with E-state index in [9.17, 15) is 14.3 Å². The van der Waals surface area contributed by atoms with E-state index >= 15 is 0 Å². The van der Waals surface area contributed by atoms with Crippen LogP contribution in [-0.4, -0.2) is 54.4 Å². The number of aliphatic hydroxyl groups excluding tert-OH is 1. The molecule has 0 unspecified atom stereocenters. The van der Waals surface area contributed by atoms with Crippen LogP contribution < -0.4 is 14.8 Å². The fourth-order valence-corrected chi connectivity index (χ4v) is 3.34. The van der Waals surface area contributed by atoms with Gasteiger partial charge in [-0.2, -0.15) is 0 Å². The molecule has 2 atom stereocenters. The van der Waals surface area contributed by atoms with Gasteiger partial charge in [-0.1, -0.05) is 11.6 Å². The number of nitrogens with zero attached hydrogens (tertiary/aromatic N) is 1. The van der Waals surface area contributed by atoms with Crippen molar-refractivity contribution in [3.8, 4) is 11.5 Å². The lowest BCUT2D eigenvalue weighted by Crippen LogP contribution is -2.35. The number of carbonyl (C=O) groups is 1. The molecule has 0 spiro atoms. The van der Waals surface area contributed by atoms with Gasteiger partial charge in [0.1, 0.15) is 36.1 Å². The van der Waals surface area contributed by atoms with Gasteiger partial charge in [-0.15, -0.1) is 0 Å². The Balaban J connectivity index is 1.46. The van der Waals surface area contributed by atoms with Gasteiger partial charge in [0.05, 0.1) is 5.69 Å². The van der Waals surface area contributed by atoms with Gasteiger partial charge >= 0.3 is 0 Å². The van der Waals surface area contributed by atoms with Crippen LogP contribution in [0.1, 0.15) is 13.3 Å². The highest BCUT2D eigenvalue weighted by atomic mass is 35.5. The topological polar surface area (TPSA) is 71.0 Å². The molecule has 1 heterocycles. The van der Waals surface area contributed by atoms with Crippen molar-refractivity contribution in [3.05, 3.63) is 53.3 Å². The van der Waals surface area contributed by atoms with Crippen LogP contribution in [-0.2, 0) is 4.79 Å². The highest BCUT2D eigenvalue weighted by Gasteiger charge is 2.26. The first-order chi connectivity index (χ1) is 13.9. The van der Waals surface area contributed by atoms with Crippen LogP contribution in [0.25, 0.3) is 0 Å². The standard InChI is InChI=1S/C21H24ClFN2O4/c1-14(26)24-20-7-4-16(23)10-21(20)28-13-17(27)11-25-9-8-19(12-25)29-18-5-2-15(22)3-6-18/h2-7,10,17,19,27H,8-9,11-13H2,1H3,(H,24,26)/t17-,19+/m0/s1. The van der Waals surface area contributed by atoms with Gasteiger partial charge in [-0.3, -0.25) is 9.69 Å². The van der Waals surface area contributed by atoms with Crippen LogP contribution in [0, 0.1) is 5.82 Å². The number of hydrogen-bond donors (Lipinski definition) is 2. The minimum atomic E-state index is -0.766. The highest BCUT2D eigenvalue weighted by molar-refractivity contribution is 6.30. The zero-order valence-corrected chi connectivity index (χ0v) is 16.9. The molecule has 0 aliphatic carbocycles. The van der Waals surface area contributed by atoms with Crippen molar-refractivity contribution in [2.45, 2.75) is 25.6 Å². The van der Waals surface area contributed by atoms with Crippen LogP contribution in [0.4, 0.5) is 10.1 Å². The molecule has 0 bridgehead atoms. The van der Waals surface area contributed by atoms with E-state index in [1.807, 2.05) is 12.1 Å². The summed E-state index contributed by atoms with van der Waals surface area (Å²) in [6, 6.07) is 11.1. The number of benzene rings is 2. The number of likely N-dealkylation sites (tertiary alicyclic amines) is 1. The molecule has 1 saturated heterocycles. The lowest BCUT2D eigenvalue weighted by molar-refractivity contribution is -0.114. The molecule has 156 valence electrons. The normalized spacial score (nSPS) is 17.7. The molecule has 2 aromatic carbocycles. The summed E-state index contributed by atoms with van der Waals surface area (Å²) >= 11 is 5.88. The Kier molecular flexibility index (Phi) is 7.30. The molecule has 6 nitrogen and oxygen atoms in total. The van der Waals surface area contributed by atoms with Crippen LogP contribution in [0.5, 0.6) is 11.5 Å². The van der Waals surface area contributed by atoms with E-state index in [1.54, 1.807) is 12.1 Å². The maximum Gasteiger partial charge on any atom is 0.221 e. The van der Waals surface area contributed by atoms with Gasteiger partial charge in [0.2, 0.25) is 5.91 Å². The molecule has 0 radical (unpaired) electrons. The average Bonchev–Trinajstić information content (AvgIpc) is 3.10. The quantitative estimate of drug-likeness (QED) is 0.682. The van der Waals surface area contributed by atoms with Crippen molar-refractivity contribution in [2.75, 3.05) is 31.6 Å². The third-order valence-electron chi connectivity index (χ3n) is 4.50. The monoisotopic (exact) mass is 422 g/mol. The van der Waals surface area contributed by atoms with Crippen molar-refractivity contribution in [1.82, 2.24) is 4.90 Å². The van der Waals surface area contributed by atoms with Gasteiger partial charge in [-0.25, -0.2) is 4.39 Å². The molecule has 3 rings (SSSR count). The first kappa shape index (κ1) is 21.4. The SMILES string of the molecule is CC(=O)Nc1ccc(F)cc1OC[C@@H](O)CN1CC[C@@H](Oc2ccc(Cl)cc2)C1. The second kappa shape index (κ2) is 9.91. The first-order valence-electron chi connectivity index (χ1n) is 9.41. The number of halogens is 2. The third kappa shape index (κ3) is 6.59. The molecular formula is C21H24ClFN2O4. The van der Waals surface area contributed by atoms with Crippen LogP contribution in [0.15, 0.2) is 42.5 Å². The molecule has 1 aliphatic heterocycles. The molecule has 1 amide bonds. The molecule has 1 fully saturated rings. The predicted molar refractivity (Wildman–Crippen MR) is 109 cm³/mol. The Morgan fingerprint density at radius 1 is 1.34 bits per heavy atom. The number of hydrogen-bond acceptors (Lipinski definition) is 5. The summed E-state index contributed by atoms with van der Waals surface area (Å²) < 4.78 is 25.0. The second-order valence-corrected chi connectivity index (χ2v) is 7.46. The number of aliphatic hydroxyl groups is 1. The Morgan fingerprint density at radius 3 is 2.83 bits per heavy atom. The minimum Gasteiger partial charge on any atom is -0.489 e. The van der Waals surface area contributed by atoms with E-state index in [0.29, 0.717) is 23.8 Å². The van der Waals surface area contributed by atoms with Crippen LogP contribution in [0.3, 0.4) is 0 Å². The average molecular weight is 423 g/mol. The molecule has 2 N–H and O–H groups in total. The molecule has 0 aromatic heterocycles. The summed E-state index contributed by atoms with van der Waals surface area (Å²) in [5.41, 5.74) is 0.365. The summed E-state index contributed by atoms with van der Waals surface area (Å²) in [5.74, 6) is 0.183. The number of amides is 1. The van der Waals surface area contributed by atoms with Gasteiger partial charge in [0.25, 0.3) is 0 Å². The van der Waals surface area contributed by atoms with E-state index in [1.165, 1.54) is 25.1 Å². The number of carbonyl (C=O) groups excluding carboxylic acids is 1. The van der Waals surface area contributed by atoms with E-state index in [-0.39, 0.29) is 24.4 Å². The number of nitrogens with one attached hydrogen (secondary N) is 1. The van der Waals surface area contributed by atoms with Crippen LogP contribution in [0.2, 0.25) is 5.02 Å². The summed E-state index contributed by atoms with van der Waals surface area (Å²) in [4.78, 5) is 13.4. The zero-order valence-electron chi connectivity index (χ0n) is 16.1. The number of rotatable bonds is 8. The molecule has 8 heteroatoms. The fraction of sp³-hybridized carbons (Fsp3) is 0.381. The van der Waals surface area contributed by atoms with E-state index in [0.717, 1.165) is 18.7 Å². The van der Waals surface area contributed by atoms with Crippen molar-refractivity contribution >= 4 is 23.2 Å². The lowest BCUT2D eigenvalue weighted by atomic mass is 10.2. The minimum absolute atomic E-state index is 0.0186. The van der Waals surface area contributed by atoms with Gasteiger partial charge in [-0.05, 0) is 42.8 Å². The van der Waals surface area contributed by atoms with E-state index < -0.39 is 11.9 Å². The fourth-order valence-electron chi connectivity index (χ4n) is 3.21. The molecule has 29 heavy (non-hydrogen) atoms. The Hall–Kier alpha value is -2.35. The second-order valence-electron chi connectivity index (χ2n) is 7.03. The summed E-state index contributed by atoms with van der Waals surface area (Å²) in [7, 11) is 0. The molecule has 0 saturated carbocycles. The maximum atomic E-state index is 13.5. The maximum absolute atomic E-state index is 13.5. The Bertz CT molecular complexity index is 834. The van der Waals surface area contributed by atoms with Crippen molar-refractivity contribution in [3.63, 3.8) is 0 Å². The Morgan fingerprint density at radius 2 is 2.10 bits per heavy atom. The zero-order chi connectivity index (χ0) is 20.8. The van der Waals surface area contributed by atoms with Gasteiger partial charge < -0.3 is 19.9 Å². The number of anilines is 1. The summed E-state index contributed by atoms with van der Waals surface area (Å²) in [6.07, 6.45) is 0.129. The van der Waals surface area contributed by atoms with Gasteiger partial charge in [0, 0.05) is 37.6 Å². The first-order valence-corrected chi connectivity index (χ1v) is 9.79. The van der Waals surface area contributed by atoms with Gasteiger partial charge in [0.15, 0.2) is 0 Å². The largest absolute Gasteiger partial charge is 0.489 e. The number of ether oxygens (including phenoxy) is 2. The summed E-state index contributed by atoms with van der Waals surface area (Å²) in [5, 5.41) is 13.6. The van der Waals surface area contributed by atoms with Crippen LogP contribution >= 0.6 is 11.6 Å². The molecule has 2 aromatic rings. The van der Waals surface area contributed by atoms with Crippen molar-refractivity contribution in [2.24, 2.45) is 0 Å².